The molecule has 0 aliphatic carbocycles. The third-order valence-corrected chi connectivity index (χ3v) is 3.49. The Morgan fingerprint density at radius 1 is 1.40 bits per heavy atom. The number of rotatable bonds is 2. The number of hydrogen-bond donors (Lipinski definition) is 1. The first kappa shape index (κ1) is 11.0. The Morgan fingerprint density at radius 2 is 2.07 bits per heavy atom. The van der Waals surface area contributed by atoms with E-state index in [0.29, 0.717) is 12.0 Å². The van der Waals surface area contributed by atoms with Crippen molar-refractivity contribution in [3.8, 4) is 0 Å². The highest BCUT2D eigenvalue weighted by Crippen LogP contribution is 2.30. The molecule has 1 fully saturated rings. The first-order chi connectivity index (χ1) is 7.18. The summed E-state index contributed by atoms with van der Waals surface area (Å²) < 4.78 is 2.15. The summed E-state index contributed by atoms with van der Waals surface area (Å²) in [6, 6.07) is 2.59. The van der Waals surface area contributed by atoms with Crippen molar-refractivity contribution in [3.63, 3.8) is 0 Å². The topological polar surface area (TPSA) is 17.0 Å². The average molecular weight is 227 g/mol. The van der Waals surface area contributed by atoms with Gasteiger partial charge in [-0.1, -0.05) is 11.6 Å². The summed E-state index contributed by atoms with van der Waals surface area (Å²) in [6.07, 6.45) is 4.69. The molecular weight excluding hydrogens is 208 g/mol. The minimum absolute atomic E-state index is 0.452. The van der Waals surface area contributed by atoms with Crippen molar-refractivity contribution in [2.45, 2.75) is 38.6 Å². The van der Waals surface area contributed by atoms with Gasteiger partial charge in [0.25, 0.3) is 0 Å². The van der Waals surface area contributed by atoms with Gasteiger partial charge >= 0.3 is 0 Å². The quantitative estimate of drug-likeness (QED) is 0.820. The minimum atomic E-state index is 0.452. The van der Waals surface area contributed by atoms with E-state index >= 15 is 0 Å². The maximum absolute atomic E-state index is 6.21. The van der Waals surface area contributed by atoms with Crippen LogP contribution in [0.15, 0.2) is 12.3 Å². The van der Waals surface area contributed by atoms with Gasteiger partial charge in [-0.05, 0) is 57.3 Å². The number of hydrogen-bond acceptors (Lipinski definition) is 1. The van der Waals surface area contributed by atoms with Crippen molar-refractivity contribution in [1.29, 1.82) is 0 Å². The average Bonchev–Trinajstić information content (AvgIpc) is 2.62. The van der Waals surface area contributed by atoms with Crippen molar-refractivity contribution in [1.82, 2.24) is 9.88 Å². The SMILES string of the molecule is CC(C)n1cc(C2CCNCC2)cc1Cl. The summed E-state index contributed by atoms with van der Waals surface area (Å²) in [5.41, 5.74) is 1.41. The number of halogens is 1. The monoisotopic (exact) mass is 226 g/mol. The third-order valence-electron chi connectivity index (χ3n) is 3.19. The number of nitrogens with zero attached hydrogens (tertiary/aromatic N) is 1. The lowest BCUT2D eigenvalue weighted by Gasteiger charge is -2.21. The Bertz CT molecular complexity index is 324. The molecule has 2 heterocycles. The molecule has 2 nitrogen and oxygen atoms in total. The molecule has 0 amide bonds. The molecule has 0 atom stereocenters. The van der Waals surface area contributed by atoms with Crippen LogP contribution in [0.3, 0.4) is 0 Å². The smallest absolute Gasteiger partial charge is 0.109 e. The van der Waals surface area contributed by atoms with Crippen LogP contribution in [0.1, 0.15) is 44.2 Å². The molecule has 1 aliphatic heterocycles. The lowest BCUT2D eigenvalue weighted by atomic mass is 9.92. The Balaban J connectivity index is 2.17. The molecule has 1 aromatic rings. The molecule has 0 spiro atoms. The van der Waals surface area contributed by atoms with E-state index in [-0.39, 0.29) is 0 Å². The second kappa shape index (κ2) is 4.58. The van der Waals surface area contributed by atoms with Gasteiger partial charge < -0.3 is 9.88 Å². The summed E-state index contributed by atoms with van der Waals surface area (Å²) in [7, 11) is 0. The minimum Gasteiger partial charge on any atom is -0.336 e. The molecular formula is C12H19ClN2. The van der Waals surface area contributed by atoms with E-state index in [2.05, 4.69) is 36.0 Å². The lowest BCUT2D eigenvalue weighted by molar-refractivity contribution is 0.459. The van der Waals surface area contributed by atoms with Gasteiger partial charge in [0.2, 0.25) is 0 Å². The Kier molecular flexibility index (Phi) is 3.37. The first-order valence-corrected chi connectivity index (χ1v) is 6.14. The second-order valence-electron chi connectivity index (χ2n) is 4.62. The van der Waals surface area contributed by atoms with Crippen LogP contribution in [-0.2, 0) is 0 Å². The van der Waals surface area contributed by atoms with Crippen LogP contribution in [0.2, 0.25) is 5.15 Å². The zero-order valence-corrected chi connectivity index (χ0v) is 10.2. The molecule has 3 heteroatoms. The van der Waals surface area contributed by atoms with E-state index in [1.165, 1.54) is 18.4 Å². The standard InChI is InChI=1S/C12H19ClN2/c1-9(2)15-8-11(7-12(15)13)10-3-5-14-6-4-10/h7-10,14H,3-6H2,1-2H3. The number of piperidine rings is 1. The van der Waals surface area contributed by atoms with Crippen LogP contribution >= 0.6 is 11.6 Å². The van der Waals surface area contributed by atoms with Gasteiger partial charge in [-0.3, -0.25) is 0 Å². The van der Waals surface area contributed by atoms with Gasteiger partial charge in [-0.15, -0.1) is 0 Å². The van der Waals surface area contributed by atoms with Crippen molar-refractivity contribution >= 4 is 11.6 Å². The van der Waals surface area contributed by atoms with Crippen LogP contribution in [0.4, 0.5) is 0 Å². The molecule has 0 radical (unpaired) electrons. The third kappa shape index (κ3) is 2.37. The Labute approximate surface area is 96.6 Å². The van der Waals surface area contributed by atoms with Gasteiger partial charge in [0.1, 0.15) is 5.15 Å². The molecule has 1 aliphatic rings. The van der Waals surface area contributed by atoms with Crippen molar-refractivity contribution in [2.75, 3.05) is 13.1 Å². The van der Waals surface area contributed by atoms with Crippen molar-refractivity contribution in [2.24, 2.45) is 0 Å². The highest BCUT2D eigenvalue weighted by atomic mass is 35.5. The van der Waals surface area contributed by atoms with Gasteiger partial charge in [-0.25, -0.2) is 0 Å². The van der Waals surface area contributed by atoms with E-state index in [4.69, 9.17) is 11.6 Å². The first-order valence-electron chi connectivity index (χ1n) is 5.76. The molecule has 1 saturated heterocycles. The summed E-state index contributed by atoms with van der Waals surface area (Å²) in [5, 5.41) is 4.26. The highest BCUT2D eigenvalue weighted by molar-refractivity contribution is 6.29. The second-order valence-corrected chi connectivity index (χ2v) is 5.01. The van der Waals surface area contributed by atoms with Crippen molar-refractivity contribution < 1.29 is 0 Å². The van der Waals surface area contributed by atoms with Gasteiger partial charge in [-0.2, -0.15) is 0 Å². The zero-order chi connectivity index (χ0) is 10.8. The Morgan fingerprint density at radius 3 is 2.60 bits per heavy atom. The van der Waals surface area contributed by atoms with Gasteiger partial charge in [0.05, 0.1) is 0 Å². The molecule has 2 rings (SSSR count). The highest BCUT2D eigenvalue weighted by Gasteiger charge is 2.18. The predicted molar refractivity (Wildman–Crippen MR) is 64.7 cm³/mol. The summed E-state index contributed by atoms with van der Waals surface area (Å²) in [5.74, 6) is 0.698. The fourth-order valence-corrected chi connectivity index (χ4v) is 2.62. The molecule has 0 saturated carbocycles. The number of aromatic nitrogens is 1. The fraction of sp³-hybridized carbons (Fsp3) is 0.667. The summed E-state index contributed by atoms with van der Waals surface area (Å²) >= 11 is 6.21. The number of nitrogens with one attached hydrogen (secondary N) is 1. The van der Waals surface area contributed by atoms with Crippen LogP contribution in [0, 0.1) is 0 Å². The van der Waals surface area contributed by atoms with E-state index in [1.54, 1.807) is 0 Å². The predicted octanol–water partition coefficient (Wildman–Crippen LogP) is 3.19. The largest absolute Gasteiger partial charge is 0.336 e. The maximum Gasteiger partial charge on any atom is 0.109 e. The molecule has 0 aromatic carbocycles. The van der Waals surface area contributed by atoms with Crippen LogP contribution < -0.4 is 5.32 Å². The molecule has 84 valence electrons. The zero-order valence-electron chi connectivity index (χ0n) is 9.46. The van der Waals surface area contributed by atoms with E-state index in [9.17, 15) is 0 Å². The molecule has 15 heavy (non-hydrogen) atoms. The maximum atomic E-state index is 6.21. The Hall–Kier alpha value is -0.470. The van der Waals surface area contributed by atoms with E-state index in [0.717, 1.165) is 18.2 Å². The lowest BCUT2D eigenvalue weighted by Crippen LogP contribution is -2.26. The summed E-state index contributed by atoms with van der Waals surface area (Å²) in [6.45, 7) is 6.60. The van der Waals surface area contributed by atoms with Crippen LogP contribution in [-0.4, -0.2) is 17.7 Å². The van der Waals surface area contributed by atoms with Crippen LogP contribution in [0.5, 0.6) is 0 Å². The molecule has 0 unspecified atom stereocenters. The van der Waals surface area contributed by atoms with E-state index < -0.39 is 0 Å². The summed E-state index contributed by atoms with van der Waals surface area (Å²) in [4.78, 5) is 0. The van der Waals surface area contributed by atoms with Crippen LogP contribution in [0.25, 0.3) is 0 Å². The fourth-order valence-electron chi connectivity index (χ4n) is 2.25. The van der Waals surface area contributed by atoms with Crippen molar-refractivity contribution in [3.05, 3.63) is 23.0 Å². The normalized spacial score (nSPS) is 18.7. The molecule has 0 bridgehead atoms. The van der Waals surface area contributed by atoms with Gasteiger partial charge in [0.15, 0.2) is 0 Å². The van der Waals surface area contributed by atoms with Gasteiger partial charge in [0, 0.05) is 12.2 Å². The van der Waals surface area contributed by atoms with E-state index in [1.807, 2.05) is 0 Å². The molecule has 1 aromatic heterocycles. The molecule has 1 N–H and O–H groups in total.